The molecule has 4 aromatic heterocycles. The number of tetrazole rings is 1. The SMILES string of the molecule is FC(F)(F)c1ccc(Oc2cc(Sc3ccccn3)cnc2Nc2ccc(-c3nn[nH]n3)cn2)cc1. The Bertz CT molecular complexity index is 1430. The number of hydrogen-bond acceptors (Lipinski definition) is 9. The molecule has 0 atom stereocenters. The van der Waals surface area contributed by atoms with Gasteiger partial charge < -0.3 is 10.1 Å². The summed E-state index contributed by atoms with van der Waals surface area (Å²) in [5.74, 6) is 1.68. The Kier molecular flexibility index (Phi) is 6.45. The molecule has 0 aliphatic carbocycles. The number of nitrogens with zero attached hydrogens (tertiary/aromatic N) is 6. The van der Waals surface area contributed by atoms with Crippen LogP contribution in [0.2, 0.25) is 0 Å². The van der Waals surface area contributed by atoms with Gasteiger partial charge in [-0.05, 0) is 53.7 Å². The molecule has 180 valence electrons. The highest BCUT2D eigenvalue weighted by molar-refractivity contribution is 7.99. The van der Waals surface area contributed by atoms with Crippen molar-refractivity contribution in [1.82, 2.24) is 35.6 Å². The molecule has 0 amide bonds. The Morgan fingerprint density at radius 3 is 2.44 bits per heavy atom. The molecular formula is C23H15F3N8OS. The molecule has 9 nitrogen and oxygen atoms in total. The van der Waals surface area contributed by atoms with E-state index in [0.717, 1.165) is 22.1 Å². The van der Waals surface area contributed by atoms with Gasteiger partial charge in [-0.1, -0.05) is 17.8 Å². The summed E-state index contributed by atoms with van der Waals surface area (Å²) in [6.07, 6.45) is 0.435. The van der Waals surface area contributed by atoms with Gasteiger partial charge >= 0.3 is 6.18 Å². The van der Waals surface area contributed by atoms with E-state index in [1.165, 1.54) is 23.9 Å². The van der Waals surface area contributed by atoms with Crippen molar-refractivity contribution in [3.05, 3.63) is 84.8 Å². The number of aromatic nitrogens is 7. The quantitative estimate of drug-likeness (QED) is 0.283. The van der Waals surface area contributed by atoms with Crippen LogP contribution in [0.4, 0.5) is 24.8 Å². The van der Waals surface area contributed by atoms with Gasteiger partial charge in [0.1, 0.15) is 16.6 Å². The highest BCUT2D eigenvalue weighted by Crippen LogP contribution is 2.36. The largest absolute Gasteiger partial charge is 0.453 e. The zero-order valence-electron chi connectivity index (χ0n) is 18.1. The van der Waals surface area contributed by atoms with Gasteiger partial charge in [0.05, 0.1) is 5.56 Å². The van der Waals surface area contributed by atoms with Crippen molar-refractivity contribution in [3.8, 4) is 22.9 Å². The molecule has 5 rings (SSSR count). The minimum atomic E-state index is -4.44. The maximum absolute atomic E-state index is 12.9. The number of halogens is 3. The number of ether oxygens (including phenoxy) is 1. The van der Waals surface area contributed by atoms with E-state index in [1.807, 2.05) is 18.2 Å². The fourth-order valence-electron chi connectivity index (χ4n) is 3.03. The second kappa shape index (κ2) is 10.00. The summed E-state index contributed by atoms with van der Waals surface area (Å²) in [6, 6.07) is 15.1. The zero-order chi connectivity index (χ0) is 25.0. The van der Waals surface area contributed by atoms with E-state index in [1.54, 1.807) is 36.8 Å². The van der Waals surface area contributed by atoms with Gasteiger partial charge in [-0.3, -0.25) is 0 Å². The molecule has 0 unspecified atom stereocenters. The number of benzene rings is 1. The topological polar surface area (TPSA) is 114 Å². The Morgan fingerprint density at radius 2 is 1.78 bits per heavy atom. The lowest BCUT2D eigenvalue weighted by Crippen LogP contribution is -2.04. The Morgan fingerprint density at radius 1 is 0.917 bits per heavy atom. The van der Waals surface area contributed by atoms with Crippen molar-refractivity contribution < 1.29 is 17.9 Å². The van der Waals surface area contributed by atoms with Crippen LogP contribution in [-0.4, -0.2) is 35.6 Å². The molecule has 4 heterocycles. The van der Waals surface area contributed by atoms with Crippen LogP contribution in [0.3, 0.4) is 0 Å². The lowest BCUT2D eigenvalue weighted by atomic mass is 10.2. The van der Waals surface area contributed by atoms with E-state index in [0.29, 0.717) is 28.8 Å². The molecule has 0 saturated heterocycles. The number of anilines is 2. The first kappa shape index (κ1) is 23.2. The number of rotatable bonds is 7. The Hall–Kier alpha value is -4.52. The van der Waals surface area contributed by atoms with Crippen molar-refractivity contribution in [3.63, 3.8) is 0 Å². The number of hydrogen-bond donors (Lipinski definition) is 2. The minimum absolute atomic E-state index is 0.216. The van der Waals surface area contributed by atoms with E-state index in [2.05, 4.69) is 40.9 Å². The standard InChI is InChI=1S/C23H15F3N8OS/c24-23(25,26)15-5-7-16(8-6-15)35-18-11-17(36-20-3-1-2-10-27-20)13-29-22(18)30-19-9-4-14(12-28-19)21-31-33-34-32-21/h1-13H,(H,28,29,30)(H,31,32,33,34). The third kappa shape index (κ3) is 5.58. The van der Waals surface area contributed by atoms with Crippen LogP contribution in [-0.2, 0) is 6.18 Å². The summed E-state index contributed by atoms with van der Waals surface area (Å²) in [5, 5.41) is 17.5. The van der Waals surface area contributed by atoms with Gasteiger partial charge in [0.25, 0.3) is 0 Å². The average molecular weight is 508 g/mol. The first-order valence-electron chi connectivity index (χ1n) is 10.3. The fraction of sp³-hybridized carbons (Fsp3) is 0.0435. The normalized spacial score (nSPS) is 11.3. The average Bonchev–Trinajstić information content (AvgIpc) is 3.42. The van der Waals surface area contributed by atoms with Crippen LogP contribution in [0, 0.1) is 0 Å². The van der Waals surface area contributed by atoms with Crippen molar-refractivity contribution in [2.24, 2.45) is 0 Å². The van der Waals surface area contributed by atoms with E-state index >= 15 is 0 Å². The van der Waals surface area contributed by atoms with Crippen molar-refractivity contribution >= 4 is 23.4 Å². The summed E-state index contributed by atoms with van der Waals surface area (Å²) < 4.78 is 44.7. The van der Waals surface area contributed by atoms with Crippen LogP contribution in [0.15, 0.2) is 89.2 Å². The summed E-state index contributed by atoms with van der Waals surface area (Å²) in [4.78, 5) is 13.8. The van der Waals surface area contributed by atoms with Gasteiger partial charge in [0.2, 0.25) is 5.82 Å². The highest BCUT2D eigenvalue weighted by Gasteiger charge is 2.30. The summed E-state index contributed by atoms with van der Waals surface area (Å²) in [5.41, 5.74) is -0.109. The molecule has 0 spiro atoms. The van der Waals surface area contributed by atoms with E-state index in [9.17, 15) is 13.2 Å². The van der Waals surface area contributed by atoms with Gasteiger partial charge in [0, 0.05) is 35.1 Å². The van der Waals surface area contributed by atoms with E-state index in [-0.39, 0.29) is 5.75 Å². The maximum atomic E-state index is 12.9. The molecule has 0 radical (unpaired) electrons. The smallest absolute Gasteiger partial charge is 0.416 e. The Balaban J connectivity index is 1.42. The molecule has 0 bridgehead atoms. The third-order valence-corrected chi connectivity index (χ3v) is 5.62. The van der Waals surface area contributed by atoms with Gasteiger partial charge in [0.15, 0.2) is 11.6 Å². The van der Waals surface area contributed by atoms with E-state index in [4.69, 9.17) is 4.74 Å². The van der Waals surface area contributed by atoms with Crippen LogP contribution < -0.4 is 10.1 Å². The third-order valence-electron chi connectivity index (χ3n) is 4.71. The first-order chi connectivity index (χ1) is 17.4. The van der Waals surface area contributed by atoms with Crippen LogP contribution in [0.1, 0.15) is 5.56 Å². The molecule has 36 heavy (non-hydrogen) atoms. The van der Waals surface area contributed by atoms with Crippen molar-refractivity contribution in [1.29, 1.82) is 0 Å². The fourth-order valence-corrected chi connectivity index (χ4v) is 3.80. The van der Waals surface area contributed by atoms with Crippen molar-refractivity contribution in [2.45, 2.75) is 16.1 Å². The summed E-state index contributed by atoms with van der Waals surface area (Å²) in [6.45, 7) is 0. The Labute approximate surface area is 206 Å². The van der Waals surface area contributed by atoms with Crippen LogP contribution >= 0.6 is 11.8 Å². The zero-order valence-corrected chi connectivity index (χ0v) is 19.0. The molecule has 0 fully saturated rings. The maximum Gasteiger partial charge on any atom is 0.416 e. The molecule has 1 aromatic carbocycles. The minimum Gasteiger partial charge on any atom is -0.453 e. The molecule has 0 aliphatic heterocycles. The van der Waals surface area contributed by atoms with Crippen molar-refractivity contribution in [2.75, 3.05) is 5.32 Å². The van der Waals surface area contributed by atoms with Gasteiger partial charge in [-0.2, -0.15) is 18.4 Å². The van der Waals surface area contributed by atoms with Gasteiger partial charge in [-0.25, -0.2) is 15.0 Å². The number of aromatic amines is 1. The van der Waals surface area contributed by atoms with Crippen LogP contribution in [0.25, 0.3) is 11.4 Å². The summed E-state index contributed by atoms with van der Waals surface area (Å²) >= 11 is 1.37. The number of H-pyrrole nitrogens is 1. The molecule has 13 heteroatoms. The molecule has 2 N–H and O–H groups in total. The highest BCUT2D eigenvalue weighted by atomic mass is 32.2. The predicted octanol–water partition coefficient (Wildman–Crippen LogP) is 5.76. The second-order valence-corrected chi connectivity index (χ2v) is 8.30. The van der Waals surface area contributed by atoms with Crippen LogP contribution in [0.5, 0.6) is 11.5 Å². The lowest BCUT2D eigenvalue weighted by Gasteiger charge is -2.14. The van der Waals surface area contributed by atoms with Gasteiger partial charge in [-0.15, -0.1) is 10.2 Å². The molecular weight excluding hydrogens is 493 g/mol. The van der Waals surface area contributed by atoms with E-state index < -0.39 is 11.7 Å². The second-order valence-electron chi connectivity index (χ2n) is 7.20. The predicted molar refractivity (Wildman–Crippen MR) is 125 cm³/mol. The first-order valence-corrected chi connectivity index (χ1v) is 11.2. The number of alkyl halides is 3. The summed E-state index contributed by atoms with van der Waals surface area (Å²) in [7, 11) is 0. The molecule has 5 aromatic rings. The number of pyridine rings is 3. The molecule has 0 aliphatic rings. The number of nitrogens with one attached hydrogen (secondary N) is 2. The molecule has 0 saturated carbocycles. The monoisotopic (exact) mass is 508 g/mol. The lowest BCUT2D eigenvalue weighted by molar-refractivity contribution is -0.137.